The molecule has 0 unspecified atom stereocenters. The first-order chi connectivity index (χ1) is 18.7. The van der Waals surface area contributed by atoms with Gasteiger partial charge in [0.05, 0.1) is 34.6 Å². The number of imidazole rings is 1. The van der Waals surface area contributed by atoms with Gasteiger partial charge < -0.3 is 4.90 Å². The zero-order valence-corrected chi connectivity index (χ0v) is 21.5. The largest absolute Gasteiger partial charge is 0.351 e. The van der Waals surface area contributed by atoms with E-state index in [1.54, 1.807) is 73.2 Å². The Kier molecular flexibility index (Phi) is 5.76. The van der Waals surface area contributed by atoms with Crippen molar-refractivity contribution < 1.29 is 13.2 Å². The van der Waals surface area contributed by atoms with Crippen molar-refractivity contribution in [2.24, 2.45) is 7.05 Å². The molecule has 1 saturated heterocycles. The van der Waals surface area contributed by atoms with E-state index in [9.17, 15) is 14.0 Å². The summed E-state index contributed by atoms with van der Waals surface area (Å²) in [4.78, 5) is 12.8. The highest BCUT2D eigenvalue weighted by Crippen LogP contribution is 2.39. The first-order valence-corrected chi connectivity index (χ1v) is 12.3. The van der Waals surface area contributed by atoms with Crippen molar-refractivity contribution in [1.29, 1.82) is 5.26 Å². The molecule has 0 saturated carbocycles. The fourth-order valence-corrected chi connectivity index (χ4v) is 5.20. The standard InChI is InChI=1S/C27H24F3N9/c1-36(2)22-15-38(10-8-27(22,29)30)25-26-33-23(17-6-4-16(14-31)5-7-17)24(39(26)11-9-32-25)18-12-20-21(13-19(18)28)37(3)35-34-20/h4-7,9,11-13,22H,8,10,15H2,1-3H3/t22-/m0/s1. The molecule has 5 aromatic rings. The zero-order chi connectivity index (χ0) is 27.5. The molecule has 1 atom stereocenters. The fraction of sp³-hybridized carbons (Fsp3) is 0.296. The van der Waals surface area contributed by atoms with Crippen molar-refractivity contribution in [1.82, 2.24) is 34.3 Å². The van der Waals surface area contributed by atoms with Crippen LogP contribution in [0.3, 0.4) is 0 Å². The molecule has 1 fully saturated rings. The maximum atomic E-state index is 15.7. The molecule has 9 nitrogen and oxygen atoms in total. The summed E-state index contributed by atoms with van der Waals surface area (Å²) in [5.74, 6) is -2.90. The maximum absolute atomic E-state index is 15.7. The first-order valence-electron chi connectivity index (χ1n) is 12.3. The number of aromatic nitrogens is 6. The van der Waals surface area contributed by atoms with Gasteiger partial charge in [0.1, 0.15) is 11.3 Å². The van der Waals surface area contributed by atoms with Crippen molar-refractivity contribution in [2.75, 3.05) is 32.1 Å². The van der Waals surface area contributed by atoms with Crippen molar-refractivity contribution in [2.45, 2.75) is 18.4 Å². The molecule has 6 rings (SSSR count). The number of aryl methyl sites for hydroxylation is 1. The lowest BCUT2D eigenvalue weighted by Gasteiger charge is -2.41. The molecule has 198 valence electrons. The SMILES string of the molecule is CN(C)[C@H]1CN(c2nccn3c(-c4cc5nnn(C)c5cc4F)c(-c4ccc(C#N)cc4)nc23)CCC1(F)F. The van der Waals surface area contributed by atoms with E-state index in [0.29, 0.717) is 45.0 Å². The van der Waals surface area contributed by atoms with Crippen LogP contribution in [0.25, 0.3) is 39.2 Å². The highest BCUT2D eigenvalue weighted by atomic mass is 19.3. The van der Waals surface area contributed by atoms with Gasteiger partial charge in [0.15, 0.2) is 11.5 Å². The normalized spacial score (nSPS) is 17.3. The highest BCUT2D eigenvalue weighted by Gasteiger charge is 2.46. The Morgan fingerprint density at radius 3 is 2.64 bits per heavy atom. The molecule has 2 aromatic carbocycles. The van der Waals surface area contributed by atoms with E-state index >= 15 is 4.39 Å². The average Bonchev–Trinajstić information content (AvgIpc) is 3.48. The van der Waals surface area contributed by atoms with Gasteiger partial charge in [0.2, 0.25) is 0 Å². The third-order valence-electron chi connectivity index (χ3n) is 7.28. The molecule has 0 N–H and O–H groups in total. The number of alkyl halides is 2. The van der Waals surface area contributed by atoms with E-state index in [1.807, 2.05) is 0 Å². The Bertz CT molecular complexity index is 1750. The molecule has 1 aliphatic heterocycles. The summed E-state index contributed by atoms with van der Waals surface area (Å²) >= 11 is 0. The molecule has 39 heavy (non-hydrogen) atoms. The summed E-state index contributed by atoms with van der Waals surface area (Å²) in [6, 6.07) is 10.9. The van der Waals surface area contributed by atoms with Crippen LogP contribution in [0.1, 0.15) is 12.0 Å². The minimum absolute atomic E-state index is 0.0565. The highest BCUT2D eigenvalue weighted by molar-refractivity contribution is 5.89. The fourth-order valence-electron chi connectivity index (χ4n) is 5.20. The Hall–Kier alpha value is -4.50. The molecule has 4 heterocycles. The summed E-state index contributed by atoms with van der Waals surface area (Å²) in [5, 5.41) is 17.4. The summed E-state index contributed by atoms with van der Waals surface area (Å²) in [6.07, 6.45) is 2.91. The lowest BCUT2D eigenvalue weighted by molar-refractivity contribution is -0.0816. The lowest BCUT2D eigenvalue weighted by atomic mass is 10.00. The quantitative estimate of drug-likeness (QED) is 0.344. The van der Waals surface area contributed by atoms with E-state index in [0.717, 1.165) is 0 Å². The minimum atomic E-state index is -2.84. The van der Waals surface area contributed by atoms with Gasteiger partial charge in [-0.1, -0.05) is 17.3 Å². The molecule has 0 bridgehead atoms. The lowest BCUT2D eigenvalue weighted by Crippen LogP contribution is -2.57. The van der Waals surface area contributed by atoms with Crippen LogP contribution in [0.2, 0.25) is 0 Å². The maximum Gasteiger partial charge on any atom is 0.266 e. The second-order valence-corrected chi connectivity index (χ2v) is 9.91. The third-order valence-corrected chi connectivity index (χ3v) is 7.28. The summed E-state index contributed by atoms with van der Waals surface area (Å²) in [5.41, 5.74) is 3.76. The molecular weight excluding hydrogens is 507 g/mol. The molecular formula is C27H24F3N9. The predicted octanol–water partition coefficient (Wildman–Crippen LogP) is 4.13. The number of benzene rings is 2. The topological polar surface area (TPSA) is 91.2 Å². The van der Waals surface area contributed by atoms with E-state index in [-0.39, 0.29) is 25.1 Å². The number of likely N-dealkylation sites (N-methyl/N-ethyl adjacent to an activating group) is 1. The second-order valence-electron chi connectivity index (χ2n) is 9.91. The number of halogens is 3. The van der Waals surface area contributed by atoms with Gasteiger partial charge >= 0.3 is 0 Å². The van der Waals surface area contributed by atoms with Gasteiger partial charge in [-0.25, -0.2) is 27.8 Å². The summed E-state index contributed by atoms with van der Waals surface area (Å²) < 4.78 is 48.3. The van der Waals surface area contributed by atoms with Crippen LogP contribution in [0.5, 0.6) is 0 Å². The summed E-state index contributed by atoms with van der Waals surface area (Å²) in [6.45, 7) is 0.152. The second kappa shape index (κ2) is 9.06. The monoisotopic (exact) mass is 531 g/mol. The summed E-state index contributed by atoms with van der Waals surface area (Å²) in [7, 11) is 4.96. The Labute approximate surface area is 221 Å². The van der Waals surface area contributed by atoms with Crippen molar-refractivity contribution >= 4 is 22.5 Å². The van der Waals surface area contributed by atoms with Crippen LogP contribution in [0.4, 0.5) is 19.0 Å². The van der Waals surface area contributed by atoms with Crippen molar-refractivity contribution in [3.05, 3.63) is 60.2 Å². The predicted molar refractivity (Wildman–Crippen MR) is 140 cm³/mol. The van der Waals surface area contributed by atoms with E-state index in [4.69, 9.17) is 4.98 Å². The first kappa shape index (κ1) is 24.8. The van der Waals surface area contributed by atoms with Crippen LogP contribution >= 0.6 is 0 Å². The number of anilines is 1. The van der Waals surface area contributed by atoms with E-state index < -0.39 is 17.8 Å². The van der Waals surface area contributed by atoms with Gasteiger partial charge in [-0.05, 0) is 32.3 Å². The minimum Gasteiger partial charge on any atom is -0.351 e. The molecule has 1 aliphatic rings. The zero-order valence-electron chi connectivity index (χ0n) is 21.5. The Morgan fingerprint density at radius 2 is 1.92 bits per heavy atom. The Balaban J connectivity index is 1.58. The van der Waals surface area contributed by atoms with Crippen LogP contribution < -0.4 is 4.90 Å². The molecule has 12 heteroatoms. The molecule has 0 amide bonds. The molecule has 3 aromatic heterocycles. The van der Waals surface area contributed by atoms with Gasteiger partial charge in [-0.2, -0.15) is 5.26 Å². The van der Waals surface area contributed by atoms with Gasteiger partial charge in [-0.15, -0.1) is 5.10 Å². The van der Waals surface area contributed by atoms with E-state index in [2.05, 4.69) is 21.4 Å². The van der Waals surface area contributed by atoms with Crippen LogP contribution in [-0.2, 0) is 7.05 Å². The third kappa shape index (κ3) is 4.06. The number of piperidine rings is 1. The number of rotatable bonds is 4. The Morgan fingerprint density at radius 1 is 1.15 bits per heavy atom. The van der Waals surface area contributed by atoms with E-state index in [1.165, 1.54) is 15.6 Å². The van der Waals surface area contributed by atoms with Gasteiger partial charge in [0.25, 0.3) is 5.92 Å². The van der Waals surface area contributed by atoms with Crippen molar-refractivity contribution in [3.8, 4) is 28.6 Å². The number of nitriles is 1. The molecule has 0 aliphatic carbocycles. The molecule has 0 spiro atoms. The van der Waals surface area contributed by atoms with Gasteiger partial charge in [0, 0.05) is 56.1 Å². The number of hydrogen-bond acceptors (Lipinski definition) is 7. The van der Waals surface area contributed by atoms with Crippen LogP contribution in [0, 0.1) is 17.1 Å². The van der Waals surface area contributed by atoms with Gasteiger partial charge in [-0.3, -0.25) is 9.30 Å². The van der Waals surface area contributed by atoms with Crippen LogP contribution in [-0.4, -0.2) is 73.4 Å². The molecule has 0 radical (unpaired) electrons. The smallest absolute Gasteiger partial charge is 0.266 e. The number of hydrogen-bond donors (Lipinski definition) is 0. The average molecular weight is 532 g/mol. The number of nitrogens with zero attached hydrogens (tertiary/aromatic N) is 9. The number of fused-ring (bicyclic) bond motifs is 2. The van der Waals surface area contributed by atoms with Crippen molar-refractivity contribution in [3.63, 3.8) is 0 Å². The van der Waals surface area contributed by atoms with Crippen LogP contribution in [0.15, 0.2) is 48.8 Å².